The van der Waals surface area contributed by atoms with E-state index in [9.17, 15) is 19.2 Å². The first kappa shape index (κ1) is 19.9. The fourth-order valence-corrected chi connectivity index (χ4v) is 2.55. The van der Waals surface area contributed by atoms with Crippen LogP contribution in [-0.4, -0.2) is 35.2 Å². The number of benzene rings is 1. The van der Waals surface area contributed by atoms with E-state index < -0.39 is 24.4 Å². The summed E-state index contributed by atoms with van der Waals surface area (Å²) in [4.78, 5) is 51.3. The molecule has 1 saturated heterocycles. The second kappa shape index (κ2) is 8.33. The summed E-state index contributed by atoms with van der Waals surface area (Å²) in [7, 11) is 0. The van der Waals surface area contributed by atoms with E-state index in [0.717, 1.165) is 0 Å². The molecule has 1 aromatic rings. The van der Waals surface area contributed by atoms with Crippen molar-refractivity contribution in [3.63, 3.8) is 0 Å². The van der Waals surface area contributed by atoms with Crippen molar-refractivity contribution in [3.05, 3.63) is 39.9 Å². The summed E-state index contributed by atoms with van der Waals surface area (Å²) in [5, 5.41) is 0.336. The average Bonchev–Trinajstić information content (AvgIpc) is 2.93. The maximum Gasteiger partial charge on any atom is 0.370 e. The fraction of sp³-hybridized carbons (Fsp3) is 0.294. The third kappa shape index (κ3) is 4.23. The maximum atomic E-state index is 12.2. The highest BCUT2D eigenvalue weighted by Gasteiger charge is 2.33. The molecule has 1 aliphatic rings. The number of ether oxygens (including phenoxy) is 1. The first-order valence-electron chi connectivity index (χ1n) is 7.66. The lowest BCUT2D eigenvalue weighted by molar-refractivity contribution is -0.198. The molecule has 0 atom stereocenters. The molecular formula is C17H15Cl2NO6. The zero-order chi connectivity index (χ0) is 19.4. The Balaban J connectivity index is 2.04. The molecule has 0 aromatic heterocycles. The summed E-state index contributed by atoms with van der Waals surface area (Å²) in [5.74, 6) is -2.44. The lowest BCUT2D eigenvalue weighted by Gasteiger charge is -2.14. The molecule has 0 N–H and O–H groups in total. The van der Waals surface area contributed by atoms with Gasteiger partial charge in [0.25, 0.3) is 11.8 Å². The molecule has 26 heavy (non-hydrogen) atoms. The second-order valence-electron chi connectivity index (χ2n) is 5.36. The van der Waals surface area contributed by atoms with Crippen LogP contribution in [-0.2, 0) is 19.2 Å². The third-order valence-corrected chi connectivity index (χ3v) is 4.45. The normalized spacial score (nSPS) is 13.7. The number of amides is 2. The number of hydrogen-bond acceptors (Lipinski definition) is 6. The van der Waals surface area contributed by atoms with Crippen molar-refractivity contribution in [2.75, 3.05) is 6.61 Å². The van der Waals surface area contributed by atoms with Crippen molar-refractivity contribution >= 4 is 46.8 Å². The van der Waals surface area contributed by atoms with Gasteiger partial charge in [-0.05, 0) is 24.1 Å². The van der Waals surface area contributed by atoms with E-state index in [0.29, 0.717) is 17.1 Å². The molecule has 1 aliphatic heterocycles. The average molecular weight is 400 g/mol. The van der Waals surface area contributed by atoms with Gasteiger partial charge in [-0.3, -0.25) is 14.4 Å². The predicted molar refractivity (Wildman–Crippen MR) is 92.9 cm³/mol. The molecule has 1 fully saturated rings. The minimum Gasteiger partial charge on any atom is -0.480 e. The van der Waals surface area contributed by atoms with E-state index in [1.165, 1.54) is 12.1 Å². The van der Waals surface area contributed by atoms with E-state index in [1.54, 1.807) is 6.92 Å². The number of imide groups is 1. The quantitative estimate of drug-likeness (QED) is 0.397. The Kier molecular flexibility index (Phi) is 6.39. The number of Topliss-reactive ketones (excluding diaryl/α,β-unsaturated/α-hetero) is 1. The van der Waals surface area contributed by atoms with Crippen LogP contribution in [0.15, 0.2) is 24.3 Å². The van der Waals surface area contributed by atoms with Crippen molar-refractivity contribution in [2.24, 2.45) is 0 Å². The zero-order valence-electron chi connectivity index (χ0n) is 13.8. The molecule has 138 valence electrons. The van der Waals surface area contributed by atoms with Crippen LogP contribution in [0.5, 0.6) is 5.75 Å². The van der Waals surface area contributed by atoms with E-state index in [2.05, 4.69) is 11.4 Å². The highest BCUT2D eigenvalue weighted by Crippen LogP contribution is 2.35. The van der Waals surface area contributed by atoms with Gasteiger partial charge >= 0.3 is 5.97 Å². The van der Waals surface area contributed by atoms with Gasteiger partial charge in [0, 0.05) is 18.4 Å². The molecular weight excluding hydrogens is 385 g/mol. The third-order valence-electron chi connectivity index (χ3n) is 3.58. The topological polar surface area (TPSA) is 90.0 Å². The van der Waals surface area contributed by atoms with Crippen LogP contribution in [0.4, 0.5) is 0 Å². The number of hydrogen-bond donors (Lipinski definition) is 0. The van der Waals surface area contributed by atoms with Gasteiger partial charge in [0.2, 0.25) is 0 Å². The van der Waals surface area contributed by atoms with Crippen LogP contribution in [0.1, 0.15) is 36.5 Å². The molecule has 9 heteroatoms. The minimum absolute atomic E-state index is 0.00700. The van der Waals surface area contributed by atoms with Gasteiger partial charge in [-0.25, -0.2) is 4.79 Å². The molecule has 1 aromatic carbocycles. The molecule has 0 spiro atoms. The van der Waals surface area contributed by atoms with Crippen molar-refractivity contribution < 1.29 is 28.8 Å². The van der Waals surface area contributed by atoms with Crippen molar-refractivity contribution in [1.29, 1.82) is 0 Å². The maximum absolute atomic E-state index is 12.2. The van der Waals surface area contributed by atoms with Crippen LogP contribution in [0, 0.1) is 0 Å². The monoisotopic (exact) mass is 399 g/mol. The molecule has 0 radical (unpaired) electrons. The highest BCUT2D eigenvalue weighted by atomic mass is 35.5. The van der Waals surface area contributed by atoms with Gasteiger partial charge in [0.15, 0.2) is 12.4 Å². The number of ketones is 1. The van der Waals surface area contributed by atoms with Crippen molar-refractivity contribution in [3.8, 4) is 5.75 Å². The van der Waals surface area contributed by atoms with Crippen LogP contribution >= 0.6 is 23.2 Å². The number of allylic oxidation sites excluding steroid dienone is 1. The lowest BCUT2D eigenvalue weighted by atomic mass is 10.0. The Labute approximate surface area is 159 Å². The van der Waals surface area contributed by atoms with Gasteiger partial charge in [-0.1, -0.05) is 36.7 Å². The predicted octanol–water partition coefficient (Wildman–Crippen LogP) is 3.13. The van der Waals surface area contributed by atoms with E-state index in [1.807, 2.05) is 0 Å². The van der Waals surface area contributed by atoms with Crippen LogP contribution in [0.25, 0.3) is 0 Å². The van der Waals surface area contributed by atoms with Crippen LogP contribution in [0.3, 0.4) is 0 Å². The van der Waals surface area contributed by atoms with E-state index in [-0.39, 0.29) is 40.0 Å². The smallest absolute Gasteiger partial charge is 0.370 e. The SMILES string of the molecule is C=C(CC)C(=O)c1ccc(OCC(=O)ON2C(=O)CCC2=O)c(Cl)c1Cl. The van der Waals surface area contributed by atoms with Crippen molar-refractivity contribution in [2.45, 2.75) is 26.2 Å². The Hall–Kier alpha value is -2.38. The van der Waals surface area contributed by atoms with Gasteiger partial charge in [-0.2, -0.15) is 0 Å². The molecule has 2 rings (SSSR count). The Morgan fingerprint density at radius 3 is 2.35 bits per heavy atom. The summed E-state index contributed by atoms with van der Waals surface area (Å²) >= 11 is 12.2. The Morgan fingerprint density at radius 1 is 1.15 bits per heavy atom. The number of carbonyl (C=O) groups excluding carboxylic acids is 4. The Morgan fingerprint density at radius 2 is 1.77 bits per heavy atom. The Bertz CT molecular complexity index is 789. The summed E-state index contributed by atoms with van der Waals surface area (Å²) in [5.41, 5.74) is 0.548. The van der Waals surface area contributed by atoms with Gasteiger partial charge in [0.1, 0.15) is 10.8 Å². The largest absolute Gasteiger partial charge is 0.480 e. The van der Waals surface area contributed by atoms with Gasteiger partial charge < -0.3 is 9.57 Å². The number of rotatable bonds is 7. The van der Waals surface area contributed by atoms with E-state index >= 15 is 0 Å². The van der Waals surface area contributed by atoms with Crippen LogP contribution in [0.2, 0.25) is 10.0 Å². The minimum atomic E-state index is -0.958. The van der Waals surface area contributed by atoms with E-state index in [4.69, 9.17) is 27.9 Å². The zero-order valence-corrected chi connectivity index (χ0v) is 15.4. The lowest BCUT2D eigenvalue weighted by Crippen LogP contribution is -2.33. The first-order valence-corrected chi connectivity index (χ1v) is 8.41. The van der Waals surface area contributed by atoms with Gasteiger partial charge in [0.05, 0.1) is 5.02 Å². The number of carbonyl (C=O) groups is 4. The summed E-state index contributed by atoms with van der Waals surface area (Å²) in [6.07, 6.45) is 0.449. The molecule has 0 saturated carbocycles. The first-order chi connectivity index (χ1) is 12.3. The summed E-state index contributed by atoms with van der Waals surface area (Å²) in [6, 6.07) is 2.79. The van der Waals surface area contributed by atoms with Gasteiger partial charge in [-0.15, -0.1) is 5.06 Å². The number of nitrogens with zero attached hydrogens (tertiary/aromatic N) is 1. The van der Waals surface area contributed by atoms with Crippen LogP contribution < -0.4 is 4.74 Å². The molecule has 7 nitrogen and oxygen atoms in total. The summed E-state index contributed by atoms with van der Waals surface area (Å²) < 4.78 is 5.21. The molecule has 0 bridgehead atoms. The highest BCUT2D eigenvalue weighted by molar-refractivity contribution is 6.45. The fourth-order valence-electron chi connectivity index (χ4n) is 2.09. The number of hydroxylamine groups is 2. The molecule has 0 aliphatic carbocycles. The second-order valence-corrected chi connectivity index (χ2v) is 6.12. The summed E-state index contributed by atoms with van der Waals surface area (Å²) in [6.45, 7) is 4.84. The van der Waals surface area contributed by atoms with Crippen molar-refractivity contribution in [1.82, 2.24) is 5.06 Å². The molecule has 0 unspecified atom stereocenters. The molecule has 2 amide bonds. The number of halogens is 2. The molecule has 1 heterocycles. The standard InChI is InChI=1S/C17H15Cl2NO6/c1-3-9(2)17(24)10-4-5-11(16(19)15(10)18)25-8-14(23)26-20-12(21)6-7-13(20)22/h4-5H,2-3,6-8H2,1H3.